The largest absolute Gasteiger partial charge is 0.358 e. The van der Waals surface area contributed by atoms with Gasteiger partial charge in [0.25, 0.3) is 0 Å². The van der Waals surface area contributed by atoms with Crippen LogP contribution in [0.2, 0.25) is 0 Å². The molecule has 1 aliphatic heterocycles. The molecular formula is C20H33IN6O2. The summed E-state index contributed by atoms with van der Waals surface area (Å²) in [6.45, 7) is 2.89. The Hall–Kier alpha value is -1.88. The number of guanidine groups is 1. The SMILES string of the molecule is CNC(=O)CN1CCC(NC(=NCc2ccccc2)NCC(=O)N(C)C)CC1.I. The highest BCUT2D eigenvalue weighted by Crippen LogP contribution is 2.10. The quantitative estimate of drug-likeness (QED) is 0.281. The summed E-state index contributed by atoms with van der Waals surface area (Å²) in [5.41, 5.74) is 1.11. The van der Waals surface area contributed by atoms with Crippen molar-refractivity contribution in [3.63, 3.8) is 0 Å². The number of benzene rings is 1. The first kappa shape index (κ1) is 25.2. The number of amides is 2. The lowest BCUT2D eigenvalue weighted by Gasteiger charge is -2.32. The van der Waals surface area contributed by atoms with Crippen LogP contribution in [-0.2, 0) is 16.1 Å². The van der Waals surface area contributed by atoms with Crippen LogP contribution in [0, 0.1) is 0 Å². The second-order valence-corrected chi connectivity index (χ2v) is 7.16. The average molecular weight is 516 g/mol. The number of carbonyl (C=O) groups is 2. The molecule has 8 nitrogen and oxygen atoms in total. The number of piperidine rings is 1. The lowest BCUT2D eigenvalue weighted by Crippen LogP contribution is -2.51. The van der Waals surface area contributed by atoms with E-state index in [0.717, 1.165) is 31.5 Å². The number of likely N-dealkylation sites (N-methyl/N-ethyl adjacent to an activating group) is 2. The van der Waals surface area contributed by atoms with E-state index in [0.29, 0.717) is 19.0 Å². The molecule has 1 aromatic carbocycles. The van der Waals surface area contributed by atoms with Crippen molar-refractivity contribution >= 4 is 41.8 Å². The Morgan fingerprint density at radius 3 is 2.41 bits per heavy atom. The van der Waals surface area contributed by atoms with E-state index in [4.69, 9.17) is 0 Å². The van der Waals surface area contributed by atoms with Crippen molar-refractivity contribution in [3.05, 3.63) is 35.9 Å². The number of aliphatic imine (C=N–C) groups is 1. The van der Waals surface area contributed by atoms with Gasteiger partial charge in [0.15, 0.2) is 5.96 Å². The first-order valence-electron chi connectivity index (χ1n) is 9.69. The van der Waals surface area contributed by atoms with Gasteiger partial charge in [-0.1, -0.05) is 30.3 Å². The van der Waals surface area contributed by atoms with E-state index in [1.807, 2.05) is 30.3 Å². The number of likely N-dealkylation sites (tertiary alicyclic amines) is 1. The molecule has 0 atom stereocenters. The van der Waals surface area contributed by atoms with Crippen molar-refractivity contribution in [3.8, 4) is 0 Å². The predicted molar refractivity (Wildman–Crippen MR) is 126 cm³/mol. The molecule has 162 valence electrons. The third-order valence-corrected chi connectivity index (χ3v) is 4.74. The first-order valence-corrected chi connectivity index (χ1v) is 9.69. The summed E-state index contributed by atoms with van der Waals surface area (Å²) in [4.78, 5) is 31.8. The smallest absolute Gasteiger partial charge is 0.241 e. The Balaban J connectivity index is 0.00000420. The molecular weight excluding hydrogens is 483 g/mol. The summed E-state index contributed by atoms with van der Waals surface area (Å²) in [6, 6.07) is 10.3. The molecule has 1 fully saturated rings. The maximum atomic E-state index is 11.9. The van der Waals surface area contributed by atoms with Gasteiger partial charge in [0, 0.05) is 40.3 Å². The van der Waals surface area contributed by atoms with E-state index < -0.39 is 0 Å². The Morgan fingerprint density at radius 1 is 1.17 bits per heavy atom. The maximum Gasteiger partial charge on any atom is 0.241 e. The number of hydrogen-bond acceptors (Lipinski definition) is 4. The monoisotopic (exact) mass is 516 g/mol. The number of hydrogen-bond donors (Lipinski definition) is 3. The van der Waals surface area contributed by atoms with Crippen LogP contribution in [0.1, 0.15) is 18.4 Å². The van der Waals surface area contributed by atoms with E-state index in [1.54, 1.807) is 26.0 Å². The van der Waals surface area contributed by atoms with Gasteiger partial charge in [0.05, 0.1) is 19.6 Å². The molecule has 1 aromatic rings. The van der Waals surface area contributed by atoms with Crippen molar-refractivity contribution in [1.29, 1.82) is 0 Å². The molecule has 0 bridgehead atoms. The van der Waals surface area contributed by atoms with E-state index in [2.05, 4.69) is 25.8 Å². The van der Waals surface area contributed by atoms with Crippen LogP contribution in [0.3, 0.4) is 0 Å². The number of carbonyl (C=O) groups excluding carboxylic acids is 2. The number of rotatable bonds is 7. The maximum absolute atomic E-state index is 11.9. The fraction of sp³-hybridized carbons (Fsp3) is 0.550. The molecule has 1 saturated heterocycles. The molecule has 0 radical (unpaired) electrons. The lowest BCUT2D eigenvalue weighted by molar-refractivity contribution is -0.127. The van der Waals surface area contributed by atoms with Gasteiger partial charge in [-0.2, -0.15) is 0 Å². The second kappa shape index (κ2) is 13.4. The summed E-state index contributed by atoms with van der Waals surface area (Å²) >= 11 is 0. The van der Waals surface area contributed by atoms with Crippen molar-refractivity contribution < 1.29 is 9.59 Å². The van der Waals surface area contributed by atoms with Gasteiger partial charge >= 0.3 is 0 Å². The zero-order valence-corrected chi connectivity index (χ0v) is 19.8. The van der Waals surface area contributed by atoms with Crippen LogP contribution in [0.25, 0.3) is 0 Å². The molecule has 0 spiro atoms. The van der Waals surface area contributed by atoms with Crippen molar-refractivity contribution in [1.82, 2.24) is 25.8 Å². The van der Waals surface area contributed by atoms with Crippen LogP contribution in [0.4, 0.5) is 0 Å². The summed E-state index contributed by atoms with van der Waals surface area (Å²) in [5.74, 6) is 0.679. The highest BCUT2D eigenvalue weighted by Gasteiger charge is 2.21. The molecule has 29 heavy (non-hydrogen) atoms. The van der Waals surface area contributed by atoms with Gasteiger partial charge in [-0.05, 0) is 18.4 Å². The van der Waals surface area contributed by atoms with E-state index >= 15 is 0 Å². The normalized spacial score (nSPS) is 15.2. The predicted octanol–water partition coefficient (Wildman–Crippen LogP) is 0.638. The molecule has 0 saturated carbocycles. The molecule has 0 aliphatic carbocycles. The highest BCUT2D eigenvalue weighted by atomic mass is 127. The van der Waals surface area contributed by atoms with Gasteiger partial charge < -0.3 is 20.9 Å². The fourth-order valence-corrected chi connectivity index (χ4v) is 2.93. The zero-order chi connectivity index (χ0) is 20.4. The van der Waals surface area contributed by atoms with Crippen molar-refractivity contribution in [2.45, 2.75) is 25.4 Å². The van der Waals surface area contributed by atoms with Crippen molar-refractivity contribution in [2.75, 3.05) is 47.3 Å². The van der Waals surface area contributed by atoms with Gasteiger partial charge in [-0.25, -0.2) is 4.99 Å². The van der Waals surface area contributed by atoms with Crippen molar-refractivity contribution in [2.24, 2.45) is 4.99 Å². The van der Waals surface area contributed by atoms with E-state index in [1.165, 1.54) is 0 Å². The Labute approximate surface area is 190 Å². The molecule has 0 unspecified atom stereocenters. The third-order valence-electron chi connectivity index (χ3n) is 4.74. The van der Waals surface area contributed by atoms with Gasteiger partial charge in [0.2, 0.25) is 11.8 Å². The Bertz CT molecular complexity index is 660. The minimum atomic E-state index is -0.00499. The molecule has 2 amide bonds. The zero-order valence-electron chi connectivity index (χ0n) is 17.5. The second-order valence-electron chi connectivity index (χ2n) is 7.16. The lowest BCUT2D eigenvalue weighted by atomic mass is 10.1. The topological polar surface area (TPSA) is 89.1 Å². The standard InChI is InChI=1S/C20H32N6O2.HI/c1-21-18(27)15-26-11-9-17(10-12-26)24-20(23-14-19(28)25(2)3)22-13-16-7-5-4-6-8-16;/h4-8,17H,9-15H2,1-3H3,(H,21,27)(H2,22,23,24);1H. The highest BCUT2D eigenvalue weighted by molar-refractivity contribution is 14.0. The Morgan fingerprint density at radius 2 is 1.83 bits per heavy atom. The molecule has 0 aromatic heterocycles. The van der Waals surface area contributed by atoms with Crippen LogP contribution in [0.15, 0.2) is 35.3 Å². The summed E-state index contributed by atoms with van der Waals surface area (Å²) in [5, 5.41) is 9.25. The van der Waals surface area contributed by atoms with Crippen LogP contribution >= 0.6 is 24.0 Å². The molecule has 3 N–H and O–H groups in total. The third kappa shape index (κ3) is 9.44. The summed E-state index contributed by atoms with van der Waals surface area (Å²) < 4.78 is 0. The molecule has 1 aliphatic rings. The number of nitrogens with zero attached hydrogens (tertiary/aromatic N) is 3. The average Bonchev–Trinajstić information content (AvgIpc) is 2.71. The summed E-state index contributed by atoms with van der Waals surface area (Å²) in [7, 11) is 5.13. The van der Waals surface area contributed by atoms with Gasteiger partial charge in [0.1, 0.15) is 0 Å². The minimum Gasteiger partial charge on any atom is -0.358 e. The van der Waals surface area contributed by atoms with Crippen LogP contribution < -0.4 is 16.0 Å². The fourth-order valence-electron chi connectivity index (χ4n) is 2.93. The Kier molecular flexibility index (Phi) is 11.6. The van der Waals surface area contributed by atoms with E-state index in [9.17, 15) is 9.59 Å². The summed E-state index contributed by atoms with van der Waals surface area (Å²) in [6.07, 6.45) is 1.84. The number of nitrogens with one attached hydrogen (secondary N) is 3. The van der Waals surface area contributed by atoms with Crippen LogP contribution in [-0.4, -0.2) is 80.9 Å². The van der Waals surface area contributed by atoms with Gasteiger partial charge in [-0.3, -0.25) is 14.5 Å². The molecule has 2 rings (SSSR count). The van der Waals surface area contributed by atoms with Crippen LogP contribution in [0.5, 0.6) is 0 Å². The first-order chi connectivity index (χ1) is 13.5. The molecule has 1 heterocycles. The van der Waals surface area contributed by atoms with E-state index in [-0.39, 0.29) is 48.4 Å². The molecule has 9 heteroatoms. The minimum absolute atomic E-state index is 0. The number of halogens is 1. The van der Waals surface area contributed by atoms with Gasteiger partial charge in [-0.15, -0.1) is 24.0 Å².